The maximum absolute atomic E-state index is 5.39. The van der Waals surface area contributed by atoms with Crippen LogP contribution in [0.3, 0.4) is 0 Å². The zero-order valence-electron chi connectivity index (χ0n) is 15.0. The van der Waals surface area contributed by atoms with E-state index in [-0.39, 0.29) is 0 Å². The van der Waals surface area contributed by atoms with E-state index in [1.54, 1.807) is 6.21 Å². The number of rotatable bonds is 6. The molecule has 2 N–H and O–H groups in total. The smallest absolute Gasteiger partial charge is 0.187 e. The van der Waals surface area contributed by atoms with Crippen LogP contribution in [0.2, 0.25) is 0 Å². The van der Waals surface area contributed by atoms with E-state index in [1.807, 2.05) is 0 Å². The van der Waals surface area contributed by atoms with Crippen molar-refractivity contribution in [3.8, 4) is 0 Å². The van der Waals surface area contributed by atoms with Gasteiger partial charge in [-0.15, -0.1) is 0 Å². The first kappa shape index (κ1) is 19.0. The van der Waals surface area contributed by atoms with Gasteiger partial charge in [-0.3, -0.25) is 10.3 Å². The van der Waals surface area contributed by atoms with Gasteiger partial charge in [0.25, 0.3) is 0 Å². The summed E-state index contributed by atoms with van der Waals surface area (Å²) < 4.78 is 10.7. The highest BCUT2D eigenvalue weighted by atomic mass is 32.1. The second kappa shape index (κ2) is 10.4. The van der Waals surface area contributed by atoms with Gasteiger partial charge in [0.1, 0.15) is 0 Å². The molecule has 8 heteroatoms. The Bertz CT molecular complexity index is 584. The summed E-state index contributed by atoms with van der Waals surface area (Å²) in [6.45, 7) is 8.84. The maximum Gasteiger partial charge on any atom is 0.187 e. The van der Waals surface area contributed by atoms with E-state index in [0.717, 1.165) is 71.3 Å². The van der Waals surface area contributed by atoms with Crippen LogP contribution in [0.1, 0.15) is 5.56 Å². The Labute approximate surface area is 160 Å². The fraction of sp³-hybridized carbons (Fsp3) is 0.556. The van der Waals surface area contributed by atoms with Crippen LogP contribution in [-0.2, 0) is 9.47 Å². The average Bonchev–Trinajstić information content (AvgIpc) is 2.70. The van der Waals surface area contributed by atoms with Crippen molar-refractivity contribution >= 4 is 29.2 Å². The van der Waals surface area contributed by atoms with Crippen LogP contribution in [0.15, 0.2) is 29.4 Å². The van der Waals surface area contributed by atoms with Crippen molar-refractivity contribution in [2.75, 3.05) is 70.6 Å². The van der Waals surface area contributed by atoms with Gasteiger partial charge in [-0.2, -0.15) is 5.10 Å². The molecule has 0 atom stereocenters. The molecule has 2 aliphatic heterocycles. The van der Waals surface area contributed by atoms with Gasteiger partial charge in [-0.05, 0) is 29.9 Å². The quantitative estimate of drug-likeness (QED) is 0.429. The number of benzene rings is 1. The molecule has 3 rings (SSSR count). The summed E-state index contributed by atoms with van der Waals surface area (Å²) in [5, 5.41) is 7.92. The first-order valence-electron chi connectivity index (χ1n) is 9.11. The predicted molar refractivity (Wildman–Crippen MR) is 108 cm³/mol. The third-order valence-electron chi connectivity index (χ3n) is 4.47. The van der Waals surface area contributed by atoms with Gasteiger partial charge in [-0.1, -0.05) is 12.1 Å². The lowest BCUT2D eigenvalue weighted by Crippen LogP contribution is -2.42. The first-order valence-corrected chi connectivity index (χ1v) is 9.52. The van der Waals surface area contributed by atoms with Gasteiger partial charge < -0.3 is 19.7 Å². The van der Waals surface area contributed by atoms with Crippen molar-refractivity contribution in [1.82, 2.24) is 15.6 Å². The Kier molecular flexibility index (Phi) is 7.63. The number of hydrazone groups is 1. The fourth-order valence-electron chi connectivity index (χ4n) is 2.95. The summed E-state index contributed by atoms with van der Waals surface area (Å²) in [5.41, 5.74) is 5.12. The number of anilines is 1. The molecule has 1 aromatic rings. The molecule has 1 aromatic carbocycles. The molecular weight excluding hydrogens is 350 g/mol. The summed E-state index contributed by atoms with van der Waals surface area (Å²) in [5.74, 6) is 0. The third kappa shape index (κ3) is 6.21. The highest BCUT2D eigenvalue weighted by Gasteiger charge is 2.11. The minimum atomic E-state index is 0.541. The zero-order chi connectivity index (χ0) is 18.0. The molecule has 142 valence electrons. The average molecular weight is 378 g/mol. The number of thiocarbonyl (C=S) groups is 1. The molecule has 0 saturated carbocycles. The van der Waals surface area contributed by atoms with Crippen LogP contribution < -0.4 is 15.6 Å². The van der Waals surface area contributed by atoms with E-state index in [4.69, 9.17) is 21.7 Å². The molecule has 0 aromatic heterocycles. The number of ether oxygens (including phenoxy) is 2. The summed E-state index contributed by atoms with van der Waals surface area (Å²) >= 11 is 5.24. The molecule has 0 amide bonds. The standard InChI is InChI=1S/C18H27N5O2S/c26-18(19-5-6-22-7-11-24-12-8-22)21-20-15-16-1-3-17(4-2-16)23-9-13-25-14-10-23/h1-4,15H,5-14H2,(H2,19,21,26)/b20-15-. The summed E-state index contributed by atoms with van der Waals surface area (Å²) in [6.07, 6.45) is 1.78. The molecule has 0 bridgehead atoms. The van der Waals surface area contributed by atoms with Gasteiger partial charge in [0.15, 0.2) is 5.11 Å². The lowest BCUT2D eigenvalue weighted by molar-refractivity contribution is 0.0389. The molecule has 0 radical (unpaired) electrons. The van der Waals surface area contributed by atoms with Crippen molar-refractivity contribution < 1.29 is 9.47 Å². The molecule has 2 heterocycles. The second-order valence-electron chi connectivity index (χ2n) is 6.27. The highest BCUT2D eigenvalue weighted by Crippen LogP contribution is 2.15. The van der Waals surface area contributed by atoms with Crippen molar-refractivity contribution in [3.63, 3.8) is 0 Å². The minimum absolute atomic E-state index is 0.541. The monoisotopic (exact) mass is 377 g/mol. The third-order valence-corrected chi connectivity index (χ3v) is 4.70. The maximum atomic E-state index is 5.39. The van der Waals surface area contributed by atoms with Crippen molar-refractivity contribution in [1.29, 1.82) is 0 Å². The SMILES string of the molecule is S=C(NCCN1CCOCC1)N/N=C\c1ccc(N2CCOCC2)cc1. The lowest BCUT2D eigenvalue weighted by Gasteiger charge is -2.28. The molecule has 0 aliphatic carbocycles. The van der Waals surface area contributed by atoms with Gasteiger partial charge >= 0.3 is 0 Å². The Morgan fingerprint density at radius 3 is 2.38 bits per heavy atom. The Morgan fingerprint density at radius 1 is 1.04 bits per heavy atom. The summed E-state index contributed by atoms with van der Waals surface area (Å²) in [4.78, 5) is 4.69. The van der Waals surface area contributed by atoms with E-state index in [9.17, 15) is 0 Å². The van der Waals surface area contributed by atoms with Gasteiger partial charge in [-0.25, -0.2) is 0 Å². The lowest BCUT2D eigenvalue weighted by atomic mass is 10.2. The van der Waals surface area contributed by atoms with Crippen LogP contribution in [0.5, 0.6) is 0 Å². The number of nitrogens with zero attached hydrogens (tertiary/aromatic N) is 3. The minimum Gasteiger partial charge on any atom is -0.379 e. The van der Waals surface area contributed by atoms with Gasteiger partial charge in [0.05, 0.1) is 32.6 Å². The second-order valence-corrected chi connectivity index (χ2v) is 6.68. The molecule has 2 aliphatic rings. The van der Waals surface area contributed by atoms with Gasteiger partial charge in [0, 0.05) is 45.0 Å². The number of hydrogen-bond acceptors (Lipinski definition) is 6. The predicted octanol–water partition coefficient (Wildman–Crippen LogP) is 0.653. The number of morpholine rings is 2. The van der Waals surface area contributed by atoms with E-state index < -0.39 is 0 Å². The first-order chi connectivity index (χ1) is 12.8. The summed E-state index contributed by atoms with van der Waals surface area (Å²) in [6, 6.07) is 8.35. The van der Waals surface area contributed by atoms with Crippen LogP contribution in [0.25, 0.3) is 0 Å². The normalized spacial score (nSPS) is 18.8. The van der Waals surface area contributed by atoms with Crippen molar-refractivity contribution in [2.45, 2.75) is 0 Å². The molecule has 0 spiro atoms. The topological polar surface area (TPSA) is 61.4 Å². The Balaban J connectivity index is 1.35. The molecule has 7 nitrogen and oxygen atoms in total. The number of nitrogens with one attached hydrogen (secondary N) is 2. The van der Waals surface area contributed by atoms with Crippen LogP contribution in [0, 0.1) is 0 Å². The fourth-order valence-corrected chi connectivity index (χ4v) is 3.10. The zero-order valence-corrected chi connectivity index (χ0v) is 15.8. The Morgan fingerprint density at radius 2 is 1.69 bits per heavy atom. The number of hydrogen-bond donors (Lipinski definition) is 2. The van der Waals surface area contributed by atoms with E-state index in [1.165, 1.54) is 5.69 Å². The van der Waals surface area contributed by atoms with Crippen molar-refractivity contribution in [2.24, 2.45) is 5.10 Å². The van der Waals surface area contributed by atoms with Crippen LogP contribution in [-0.4, -0.2) is 81.9 Å². The van der Waals surface area contributed by atoms with E-state index >= 15 is 0 Å². The highest BCUT2D eigenvalue weighted by molar-refractivity contribution is 7.80. The molecule has 2 saturated heterocycles. The molecular formula is C18H27N5O2S. The van der Waals surface area contributed by atoms with E-state index in [2.05, 4.69) is 49.9 Å². The van der Waals surface area contributed by atoms with Crippen LogP contribution in [0.4, 0.5) is 5.69 Å². The van der Waals surface area contributed by atoms with E-state index in [0.29, 0.717) is 5.11 Å². The largest absolute Gasteiger partial charge is 0.379 e. The molecule has 0 unspecified atom stereocenters. The van der Waals surface area contributed by atoms with Gasteiger partial charge in [0.2, 0.25) is 0 Å². The Hall–Kier alpha value is -1.74. The molecule has 2 fully saturated rings. The molecule has 26 heavy (non-hydrogen) atoms. The van der Waals surface area contributed by atoms with Crippen LogP contribution >= 0.6 is 12.2 Å². The summed E-state index contributed by atoms with van der Waals surface area (Å²) in [7, 11) is 0. The van der Waals surface area contributed by atoms with Crippen molar-refractivity contribution in [3.05, 3.63) is 29.8 Å².